The molecular weight excluding hydrogens is 118 g/mol. The molecule has 0 radical (unpaired) electrons. The van der Waals surface area contributed by atoms with E-state index in [1.54, 1.807) is 0 Å². The SMILES string of the molecule is CN(O)S(C)(=O)=O. The molecule has 0 rings (SSSR count). The molecule has 0 saturated carbocycles. The second kappa shape index (κ2) is 1.77. The molecule has 0 fully saturated rings. The minimum Gasteiger partial charge on any atom is -0.300 e. The molecule has 0 aliphatic carbocycles. The second-order valence-corrected chi connectivity index (χ2v) is 3.19. The van der Waals surface area contributed by atoms with Crippen LogP contribution >= 0.6 is 0 Å². The molecular formula is C2H7NO3S. The van der Waals surface area contributed by atoms with Crippen molar-refractivity contribution in [3.63, 3.8) is 0 Å². The average molecular weight is 125 g/mol. The summed E-state index contributed by atoms with van der Waals surface area (Å²) >= 11 is 0. The highest BCUT2D eigenvalue weighted by Crippen LogP contribution is 1.82. The van der Waals surface area contributed by atoms with Gasteiger partial charge in [-0.05, 0) is 0 Å². The van der Waals surface area contributed by atoms with E-state index in [9.17, 15) is 8.42 Å². The Balaban J connectivity index is 4.10. The number of hydroxylamine groups is 1. The van der Waals surface area contributed by atoms with Crippen molar-refractivity contribution in [1.82, 2.24) is 4.47 Å². The van der Waals surface area contributed by atoms with Gasteiger partial charge >= 0.3 is 0 Å². The van der Waals surface area contributed by atoms with E-state index >= 15 is 0 Å². The zero-order valence-corrected chi connectivity index (χ0v) is 4.94. The van der Waals surface area contributed by atoms with Crippen LogP contribution in [0.25, 0.3) is 0 Å². The Bertz CT molecular complexity index is 135. The fourth-order valence-corrected chi connectivity index (χ4v) is 0. The van der Waals surface area contributed by atoms with Crippen molar-refractivity contribution in [2.45, 2.75) is 0 Å². The first kappa shape index (κ1) is 6.87. The van der Waals surface area contributed by atoms with Gasteiger partial charge in [-0.3, -0.25) is 5.21 Å². The molecule has 0 spiro atoms. The summed E-state index contributed by atoms with van der Waals surface area (Å²) in [6.07, 6.45) is 0.910. The molecule has 44 valence electrons. The summed E-state index contributed by atoms with van der Waals surface area (Å²) in [5.74, 6) is 0. The van der Waals surface area contributed by atoms with Gasteiger partial charge in [0.25, 0.3) is 0 Å². The van der Waals surface area contributed by atoms with Crippen molar-refractivity contribution in [3.8, 4) is 0 Å². The lowest BCUT2D eigenvalue weighted by Gasteiger charge is -2.00. The van der Waals surface area contributed by atoms with Gasteiger partial charge in [0.05, 0.1) is 6.26 Å². The van der Waals surface area contributed by atoms with E-state index < -0.39 is 10.0 Å². The van der Waals surface area contributed by atoms with Crippen LogP contribution in [-0.4, -0.2) is 31.4 Å². The lowest BCUT2D eigenvalue weighted by molar-refractivity contribution is 0.0319. The molecule has 0 aromatic rings. The van der Waals surface area contributed by atoms with Crippen molar-refractivity contribution >= 4 is 10.0 Å². The Morgan fingerprint density at radius 3 is 1.71 bits per heavy atom. The molecule has 0 aliphatic heterocycles. The Hall–Kier alpha value is -0.130. The molecule has 7 heavy (non-hydrogen) atoms. The van der Waals surface area contributed by atoms with Gasteiger partial charge in [-0.1, -0.05) is 4.47 Å². The van der Waals surface area contributed by atoms with Gasteiger partial charge < -0.3 is 0 Å². The maximum Gasteiger partial charge on any atom is 0.232 e. The third-order valence-corrected chi connectivity index (χ3v) is 1.44. The van der Waals surface area contributed by atoms with Crippen LogP contribution in [0.2, 0.25) is 0 Å². The van der Waals surface area contributed by atoms with Gasteiger partial charge in [0.1, 0.15) is 0 Å². The number of hydrogen-bond donors (Lipinski definition) is 1. The molecule has 4 nitrogen and oxygen atoms in total. The molecule has 5 heteroatoms. The van der Waals surface area contributed by atoms with E-state index in [4.69, 9.17) is 5.21 Å². The summed E-state index contributed by atoms with van der Waals surface area (Å²) < 4.78 is 20.2. The van der Waals surface area contributed by atoms with Crippen LogP contribution in [0.5, 0.6) is 0 Å². The summed E-state index contributed by atoms with van der Waals surface area (Å²) in [6.45, 7) is 0. The summed E-state index contributed by atoms with van der Waals surface area (Å²) in [5.41, 5.74) is 0. The van der Waals surface area contributed by atoms with Crippen LogP contribution < -0.4 is 0 Å². The van der Waals surface area contributed by atoms with E-state index in [2.05, 4.69) is 0 Å². The predicted octanol–water partition coefficient (Wildman–Crippen LogP) is -0.733. The van der Waals surface area contributed by atoms with Crippen LogP contribution in [0.15, 0.2) is 0 Å². The second-order valence-electron chi connectivity index (χ2n) is 1.20. The van der Waals surface area contributed by atoms with E-state index in [0.29, 0.717) is 0 Å². The first-order valence-corrected chi connectivity index (χ1v) is 3.42. The Labute approximate surface area is 42.4 Å². The summed E-state index contributed by atoms with van der Waals surface area (Å²) in [4.78, 5) is 0. The topological polar surface area (TPSA) is 57.6 Å². The van der Waals surface area contributed by atoms with Crippen molar-refractivity contribution in [1.29, 1.82) is 0 Å². The maximum atomic E-state index is 10.0. The van der Waals surface area contributed by atoms with Crippen LogP contribution in [0, 0.1) is 0 Å². The van der Waals surface area contributed by atoms with Crippen molar-refractivity contribution < 1.29 is 13.6 Å². The van der Waals surface area contributed by atoms with Gasteiger partial charge in [-0.2, -0.15) is 0 Å². The molecule has 0 heterocycles. The van der Waals surface area contributed by atoms with Crippen LogP contribution in [0.1, 0.15) is 0 Å². The zero-order chi connectivity index (χ0) is 6.08. The molecule has 0 bridgehead atoms. The number of hydrogen-bond acceptors (Lipinski definition) is 3. The first-order valence-electron chi connectivity index (χ1n) is 1.57. The number of nitrogens with zero attached hydrogens (tertiary/aromatic N) is 1. The minimum atomic E-state index is -3.35. The largest absolute Gasteiger partial charge is 0.300 e. The third-order valence-electron chi connectivity index (χ3n) is 0.480. The molecule has 0 atom stereocenters. The smallest absolute Gasteiger partial charge is 0.232 e. The van der Waals surface area contributed by atoms with Crippen LogP contribution in [0.3, 0.4) is 0 Å². The van der Waals surface area contributed by atoms with E-state index in [1.807, 2.05) is 0 Å². The van der Waals surface area contributed by atoms with Crippen molar-refractivity contribution in [2.24, 2.45) is 0 Å². The zero-order valence-electron chi connectivity index (χ0n) is 4.12. The van der Waals surface area contributed by atoms with E-state index in [-0.39, 0.29) is 4.47 Å². The Morgan fingerprint density at radius 2 is 1.71 bits per heavy atom. The standard InChI is InChI=1S/C2H7NO3S/c1-3(4)7(2,5)6/h4H,1-2H3. The Morgan fingerprint density at radius 1 is 1.57 bits per heavy atom. The summed E-state index contributed by atoms with van der Waals surface area (Å²) in [6, 6.07) is 0. The van der Waals surface area contributed by atoms with Gasteiger partial charge in [0.15, 0.2) is 0 Å². The van der Waals surface area contributed by atoms with Crippen LogP contribution in [-0.2, 0) is 10.0 Å². The van der Waals surface area contributed by atoms with Gasteiger partial charge in [-0.25, -0.2) is 8.42 Å². The fraction of sp³-hybridized carbons (Fsp3) is 1.00. The highest BCUT2D eigenvalue weighted by molar-refractivity contribution is 7.88. The highest BCUT2D eigenvalue weighted by Gasteiger charge is 2.03. The van der Waals surface area contributed by atoms with Gasteiger partial charge in [0.2, 0.25) is 10.0 Å². The normalized spacial score (nSPS) is 12.6. The van der Waals surface area contributed by atoms with Gasteiger partial charge in [0, 0.05) is 7.05 Å². The monoisotopic (exact) mass is 125 g/mol. The molecule has 0 aliphatic rings. The van der Waals surface area contributed by atoms with E-state index in [0.717, 1.165) is 13.3 Å². The highest BCUT2D eigenvalue weighted by atomic mass is 32.2. The molecule has 0 saturated heterocycles. The van der Waals surface area contributed by atoms with E-state index in [1.165, 1.54) is 0 Å². The van der Waals surface area contributed by atoms with Crippen molar-refractivity contribution in [2.75, 3.05) is 13.3 Å². The molecule has 0 aromatic carbocycles. The molecule has 0 unspecified atom stereocenters. The predicted molar refractivity (Wildman–Crippen MR) is 24.4 cm³/mol. The summed E-state index contributed by atoms with van der Waals surface area (Å²) in [7, 11) is -2.30. The average Bonchev–Trinajstić information content (AvgIpc) is 1.31. The Kier molecular flexibility index (Phi) is 1.74. The summed E-state index contributed by atoms with van der Waals surface area (Å²) in [5, 5.41) is 8.13. The molecule has 0 amide bonds. The lowest BCUT2D eigenvalue weighted by atomic mass is 11.6. The molecule has 1 N–H and O–H groups in total. The first-order chi connectivity index (χ1) is 2.94. The minimum absolute atomic E-state index is 0.160. The number of rotatable bonds is 1. The van der Waals surface area contributed by atoms with Gasteiger partial charge in [-0.15, -0.1) is 0 Å². The van der Waals surface area contributed by atoms with Crippen LogP contribution in [0.4, 0.5) is 0 Å². The van der Waals surface area contributed by atoms with Crippen molar-refractivity contribution in [3.05, 3.63) is 0 Å². The number of sulfonamides is 1. The maximum absolute atomic E-state index is 10.0. The fourth-order valence-electron chi connectivity index (χ4n) is 0. The third kappa shape index (κ3) is 2.55. The lowest BCUT2D eigenvalue weighted by Crippen LogP contribution is -2.20. The molecule has 0 aromatic heterocycles. The quantitative estimate of drug-likeness (QED) is 0.470.